The predicted octanol–water partition coefficient (Wildman–Crippen LogP) is 1.47. The highest BCUT2D eigenvalue weighted by Crippen LogP contribution is 2.23. The van der Waals surface area contributed by atoms with E-state index in [0.29, 0.717) is 6.42 Å². The molecule has 0 atom stereocenters. The van der Waals surface area contributed by atoms with E-state index in [0.717, 1.165) is 0 Å². The van der Waals surface area contributed by atoms with Crippen LogP contribution in [0.2, 0.25) is 0 Å². The van der Waals surface area contributed by atoms with E-state index in [1.165, 1.54) is 23.3 Å². The average molecular weight is 226 g/mol. The number of rotatable bonds is 2. The van der Waals surface area contributed by atoms with Gasteiger partial charge in [0.05, 0.1) is 0 Å². The molecule has 1 radical (unpaired) electrons. The zero-order valence-corrected chi connectivity index (χ0v) is 7.69. The van der Waals surface area contributed by atoms with Gasteiger partial charge in [0.1, 0.15) is 0 Å². The van der Waals surface area contributed by atoms with Gasteiger partial charge >= 0.3 is 15.5 Å². The third-order valence-electron chi connectivity index (χ3n) is 1.44. The average Bonchev–Trinajstić information content (AvgIpc) is 2.03. The van der Waals surface area contributed by atoms with Crippen LogP contribution in [-0.2, 0) is 10.0 Å². The van der Waals surface area contributed by atoms with Crippen molar-refractivity contribution in [2.45, 2.75) is 11.9 Å². The molecule has 0 heterocycles. The van der Waals surface area contributed by atoms with Gasteiger partial charge in [0.2, 0.25) is 0 Å². The second kappa shape index (κ2) is 3.64. The topological polar surface area (TPSA) is 46.2 Å². The van der Waals surface area contributed by atoms with Gasteiger partial charge in [-0.2, -0.15) is 21.6 Å². The Morgan fingerprint density at radius 2 is 2.00 bits per heavy atom. The highest BCUT2D eigenvalue weighted by Gasteiger charge is 2.46. The Hall–Kier alpha value is -0.980. The van der Waals surface area contributed by atoms with Crippen molar-refractivity contribution in [3.63, 3.8) is 0 Å². The van der Waals surface area contributed by atoms with Crippen molar-refractivity contribution < 1.29 is 21.6 Å². The summed E-state index contributed by atoms with van der Waals surface area (Å²) in [4.78, 5) is 0. The predicted molar refractivity (Wildman–Crippen MR) is 44.3 cm³/mol. The molecular formula is C7H7F3NO2S. The monoisotopic (exact) mass is 226 g/mol. The maximum absolute atomic E-state index is 11.9. The lowest BCUT2D eigenvalue weighted by Gasteiger charge is -2.13. The van der Waals surface area contributed by atoms with Crippen LogP contribution in [0.15, 0.2) is 23.9 Å². The number of hydrogen-bond donors (Lipinski definition) is 1. The fraction of sp³-hybridized carbons (Fsp3) is 0.286. The Balaban J connectivity index is 2.79. The third-order valence-corrected chi connectivity index (χ3v) is 2.56. The number of sulfonamides is 1. The van der Waals surface area contributed by atoms with Crippen LogP contribution >= 0.6 is 0 Å². The third kappa shape index (κ3) is 2.50. The fourth-order valence-corrected chi connectivity index (χ4v) is 1.38. The van der Waals surface area contributed by atoms with E-state index in [2.05, 4.69) is 0 Å². The van der Waals surface area contributed by atoms with E-state index in [9.17, 15) is 21.6 Å². The normalized spacial score (nSPS) is 17.8. The molecule has 0 aromatic heterocycles. The minimum absolute atomic E-state index is 0.0650. The first-order valence-corrected chi connectivity index (χ1v) is 5.10. The SMILES string of the molecule is O=S(=O)(NC1=CC=CC[CH]1)C(F)(F)F. The molecular weight excluding hydrogens is 219 g/mol. The van der Waals surface area contributed by atoms with Crippen LogP contribution in [0, 0.1) is 6.42 Å². The standard InChI is InChI=1S/C7H7F3NO2S/c8-7(9,10)14(12,13)11-6-4-2-1-3-5-6/h1-2,4-5,11H,3H2. The number of alkyl halides is 3. The van der Waals surface area contributed by atoms with Gasteiger partial charge in [-0.1, -0.05) is 12.2 Å². The summed E-state index contributed by atoms with van der Waals surface area (Å²) < 4.78 is 58.3. The molecule has 0 bridgehead atoms. The lowest BCUT2D eigenvalue weighted by Crippen LogP contribution is -2.36. The number of halogens is 3. The Morgan fingerprint density at radius 1 is 1.36 bits per heavy atom. The van der Waals surface area contributed by atoms with Crippen molar-refractivity contribution in [1.82, 2.24) is 4.72 Å². The van der Waals surface area contributed by atoms with E-state index in [4.69, 9.17) is 0 Å². The summed E-state index contributed by atoms with van der Waals surface area (Å²) in [6.07, 6.45) is 6.18. The molecule has 0 saturated heterocycles. The molecule has 79 valence electrons. The quantitative estimate of drug-likeness (QED) is 0.775. The maximum Gasteiger partial charge on any atom is 0.516 e. The smallest absolute Gasteiger partial charge is 0.279 e. The van der Waals surface area contributed by atoms with Crippen LogP contribution in [0.25, 0.3) is 0 Å². The summed E-state index contributed by atoms with van der Waals surface area (Å²) in [6, 6.07) is 0. The molecule has 0 aromatic carbocycles. The molecule has 0 aliphatic heterocycles. The second-order valence-electron chi connectivity index (χ2n) is 2.54. The lowest BCUT2D eigenvalue weighted by atomic mass is 10.1. The Morgan fingerprint density at radius 3 is 2.43 bits per heavy atom. The number of allylic oxidation sites excluding steroid dienone is 4. The first-order valence-electron chi connectivity index (χ1n) is 3.62. The van der Waals surface area contributed by atoms with Crippen molar-refractivity contribution in [1.29, 1.82) is 0 Å². The molecule has 1 rings (SSSR count). The first kappa shape index (κ1) is 11.1. The van der Waals surface area contributed by atoms with Gasteiger partial charge in [-0.05, 0) is 12.5 Å². The first-order chi connectivity index (χ1) is 6.33. The maximum atomic E-state index is 11.9. The van der Waals surface area contributed by atoms with Crippen molar-refractivity contribution in [2.24, 2.45) is 0 Å². The minimum Gasteiger partial charge on any atom is -0.279 e. The fourth-order valence-electron chi connectivity index (χ4n) is 0.802. The van der Waals surface area contributed by atoms with Crippen LogP contribution < -0.4 is 4.72 Å². The van der Waals surface area contributed by atoms with Crippen molar-refractivity contribution in [2.75, 3.05) is 0 Å². The lowest BCUT2D eigenvalue weighted by molar-refractivity contribution is -0.0444. The van der Waals surface area contributed by atoms with Crippen LogP contribution in [0.4, 0.5) is 13.2 Å². The summed E-state index contributed by atoms with van der Waals surface area (Å²) in [5, 5.41) is 0. The molecule has 0 amide bonds. The molecule has 14 heavy (non-hydrogen) atoms. The van der Waals surface area contributed by atoms with E-state index < -0.39 is 15.5 Å². The highest BCUT2D eigenvalue weighted by molar-refractivity contribution is 7.90. The number of hydrogen-bond acceptors (Lipinski definition) is 2. The summed E-state index contributed by atoms with van der Waals surface area (Å²) in [7, 11) is -5.28. The zero-order chi connectivity index (χ0) is 10.8. The van der Waals surface area contributed by atoms with Gasteiger partial charge in [-0.15, -0.1) is 0 Å². The molecule has 0 spiro atoms. The number of nitrogens with one attached hydrogen (secondary N) is 1. The van der Waals surface area contributed by atoms with E-state index >= 15 is 0 Å². The van der Waals surface area contributed by atoms with Gasteiger partial charge in [-0.25, -0.2) is 0 Å². The molecule has 0 aromatic rings. The largest absolute Gasteiger partial charge is 0.516 e. The molecule has 1 N–H and O–H groups in total. The summed E-state index contributed by atoms with van der Waals surface area (Å²) >= 11 is 0. The summed E-state index contributed by atoms with van der Waals surface area (Å²) in [5.74, 6) is 0. The zero-order valence-electron chi connectivity index (χ0n) is 6.88. The van der Waals surface area contributed by atoms with E-state index in [1.807, 2.05) is 0 Å². The second-order valence-corrected chi connectivity index (χ2v) is 4.22. The molecule has 3 nitrogen and oxygen atoms in total. The van der Waals surface area contributed by atoms with Gasteiger partial charge in [0.15, 0.2) is 0 Å². The Bertz CT molecular complexity index is 367. The molecule has 7 heteroatoms. The van der Waals surface area contributed by atoms with Crippen LogP contribution in [0.5, 0.6) is 0 Å². The van der Waals surface area contributed by atoms with Crippen LogP contribution in [0.3, 0.4) is 0 Å². The Kier molecular flexibility index (Phi) is 2.89. The minimum atomic E-state index is -5.28. The van der Waals surface area contributed by atoms with Gasteiger partial charge in [0.25, 0.3) is 0 Å². The Labute approximate surface area is 79.4 Å². The molecule has 0 saturated carbocycles. The summed E-state index contributed by atoms with van der Waals surface area (Å²) in [5.41, 5.74) is -5.34. The van der Waals surface area contributed by atoms with Gasteiger partial charge < -0.3 is 0 Å². The van der Waals surface area contributed by atoms with Crippen LogP contribution in [-0.4, -0.2) is 13.9 Å². The van der Waals surface area contributed by atoms with Crippen molar-refractivity contribution >= 4 is 10.0 Å². The van der Waals surface area contributed by atoms with Gasteiger partial charge in [-0.3, -0.25) is 4.72 Å². The molecule has 1 aliphatic carbocycles. The van der Waals surface area contributed by atoms with Crippen molar-refractivity contribution in [3.8, 4) is 0 Å². The molecule has 0 unspecified atom stereocenters. The molecule has 1 aliphatic rings. The summed E-state index contributed by atoms with van der Waals surface area (Å²) in [6.45, 7) is 0. The van der Waals surface area contributed by atoms with Crippen molar-refractivity contribution in [3.05, 3.63) is 30.3 Å². The van der Waals surface area contributed by atoms with Gasteiger partial charge in [0, 0.05) is 12.1 Å². The van der Waals surface area contributed by atoms with E-state index in [-0.39, 0.29) is 5.70 Å². The molecule has 0 fully saturated rings. The highest BCUT2D eigenvalue weighted by atomic mass is 32.2. The van der Waals surface area contributed by atoms with Crippen LogP contribution in [0.1, 0.15) is 6.42 Å². The van der Waals surface area contributed by atoms with E-state index in [1.54, 1.807) is 6.08 Å².